The topological polar surface area (TPSA) is 74.6 Å². The van der Waals surface area contributed by atoms with Crippen molar-refractivity contribution in [1.29, 1.82) is 0 Å². The van der Waals surface area contributed by atoms with Crippen molar-refractivity contribution in [1.82, 2.24) is 0 Å². The van der Waals surface area contributed by atoms with E-state index < -0.39 is 17.4 Å². The zero-order chi connectivity index (χ0) is 16.8. The van der Waals surface area contributed by atoms with Gasteiger partial charge in [0.1, 0.15) is 0 Å². The molecule has 0 aliphatic carbocycles. The molecule has 132 valence electrons. The number of carboxylic acid groups (broad SMARTS) is 2. The molecule has 0 amide bonds. The molecule has 0 bridgehead atoms. The molecule has 0 aromatic carbocycles. The monoisotopic (exact) mass is 354 g/mol. The number of unbranched alkanes of at least 4 members (excludes halogenated alkanes) is 9. The van der Waals surface area contributed by atoms with Crippen molar-refractivity contribution >= 4 is 63.3 Å². The van der Waals surface area contributed by atoms with Gasteiger partial charge in [0.25, 0.3) is 0 Å². The SMILES string of the molecule is CCCCCCCCCCCCC(CCC)(C(=O)O)C(=O)O.[KH]. The molecule has 0 fully saturated rings. The summed E-state index contributed by atoms with van der Waals surface area (Å²) in [6.07, 6.45) is 12.7. The first kappa shape index (κ1) is 25.8. The molecule has 0 aromatic heterocycles. The van der Waals surface area contributed by atoms with Gasteiger partial charge in [0.15, 0.2) is 5.41 Å². The summed E-state index contributed by atoms with van der Waals surface area (Å²) in [7, 11) is 0. The van der Waals surface area contributed by atoms with Crippen molar-refractivity contribution in [2.45, 2.75) is 97.3 Å². The van der Waals surface area contributed by atoms with Crippen LogP contribution in [0.3, 0.4) is 0 Å². The van der Waals surface area contributed by atoms with E-state index >= 15 is 0 Å². The van der Waals surface area contributed by atoms with Crippen LogP contribution >= 0.6 is 0 Å². The van der Waals surface area contributed by atoms with Crippen LogP contribution in [0.1, 0.15) is 97.3 Å². The van der Waals surface area contributed by atoms with Crippen molar-refractivity contribution in [3.05, 3.63) is 0 Å². The van der Waals surface area contributed by atoms with Crippen molar-refractivity contribution < 1.29 is 19.8 Å². The van der Waals surface area contributed by atoms with Crippen LogP contribution in [0.15, 0.2) is 0 Å². The van der Waals surface area contributed by atoms with E-state index in [2.05, 4.69) is 6.92 Å². The van der Waals surface area contributed by atoms with Crippen LogP contribution in [-0.4, -0.2) is 73.5 Å². The molecule has 0 saturated heterocycles. The van der Waals surface area contributed by atoms with E-state index in [0.29, 0.717) is 12.8 Å². The molecule has 0 saturated carbocycles. The number of hydrogen-bond donors (Lipinski definition) is 2. The molecule has 23 heavy (non-hydrogen) atoms. The second-order valence-electron chi connectivity index (χ2n) is 6.37. The summed E-state index contributed by atoms with van der Waals surface area (Å²) >= 11 is 0. The molecule has 0 aliphatic rings. The first-order chi connectivity index (χ1) is 10.5. The van der Waals surface area contributed by atoms with E-state index in [-0.39, 0.29) is 64.2 Å². The molecule has 0 aliphatic heterocycles. The molecule has 4 nitrogen and oxygen atoms in total. The Morgan fingerprint density at radius 2 is 1.04 bits per heavy atom. The van der Waals surface area contributed by atoms with Crippen molar-refractivity contribution in [2.75, 3.05) is 0 Å². The second kappa shape index (κ2) is 16.1. The fourth-order valence-corrected chi connectivity index (χ4v) is 2.99. The van der Waals surface area contributed by atoms with Crippen molar-refractivity contribution in [3.63, 3.8) is 0 Å². The fraction of sp³-hybridized carbons (Fsp3) is 0.889. The van der Waals surface area contributed by atoms with Gasteiger partial charge >= 0.3 is 63.3 Å². The summed E-state index contributed by atoms with van der Waals surface area (Å²) in [6, 6.07) is 0. The Labute approximate surface area is 184 Å². The average Bonchev–Trinajstić information content (AvgIpc) is 2.47. The fourth-order valence-electron chi connectivity index (χ4n) is 2.99. The molecule has 0 spiro atoms. The van der Waals surface area contributed by atoms with Gasteiger partial charge in [-0.15, -0.1) is 0 Å². The van der Waals surface area contributed by atoms with Gasteiger partial charge in [-0.2, -0.15) is 0 Å². The minimum atomic E-state index is -1.57. The zero-order valence-electron chi connectivity index (χ0n) is 14.4. The Balaban J connectivity index is 0. The van der Waals surface area contributed by atoms with Gasteiger partial charge < -0.3 is 10.2 Å². The molecule has 0 atom stereocenters. The van der Waals surface area contributed by atoms with Crippen LogP contribution in [0.2, 0.25) is 0 Å². The van der Waals surface area contributed by atoms with E-state index in [9.17, 15) is 19.8 Å². The van der Waals surface area contributed by atoms with E-state index in [1.54, 1.807) is 0 Å². The van der Waals surface area contributed by atoms with Gasteiger partial charge in [-0.1, -0.05) is 84.5 Å². The van der Waals surface area contributed by atoms with Crippen LogP contribution < -0.4 is 0 Å². The number of rotatable bonds is 15. The van der Waals surface area contributed by atoms with E-state index in [1.165, 1.54) is 44.9 Å². The Hall–Kier alpha value is 0.576. The molecule has 0 radical (unpaired) electrons. The summed E-state index contributed by atoms with van der Waals surface area (Å²) in [5.74, 6) is -2.37. The van der Waals surface area contributed by atoms with Gasteiger partial charge in [-0.25, -0.2) is 0 Å². The number of carboxylic acids is 2. The molecular weight excluding hydrogens is 319 g/mol. The Kier molecular flexibility index (Phi) is 18.0. The predicted molar refractivity (Wildman–Crippen MR) is 96.2 cm³/mol. The summed E-state index contributed by atoms with van der Waals surface area (Å²) < 4.78 is 0. The minimum absolute atomic E-state index is 0. The second-order valence-corrected chi connectivity index (χ2v) is 6.37. The van der Waals surface area contributed by atoms with Gasteiger partial charge in [-0.05, 0) is 12.8 Å². The quantitative estimate of drug-likeness (QED) is 0.256. The Bertz CT molecular complexity index is 304. The summed E-state index contributed by atoms with van der Waals surface area (Å²) in [5.41, 5.74) is -1.57. The van der Waals surface area contributed by atoms with Gasteiger partial charge in [-0.3, -0.25) is 9.59 Å². The number of carbonyl (C=O) groups is 2. The van der Waals surface area contributed by atoms with Gasteiger partial charge in [0.05, 0.1) is 0 Å². The summed E-state index contributed by atoms with van der Waals surface area (Å²) in [5, 5.41) is 18.6. The number of hydrogen-bond acceptors (Lipinski definition) is 2. The molecule has 2 N–H and O–H groups in total. The maximum absolute atomic E-state index is 11.4. The standard InChI is InChI=1S/C18H34O4.K.H/c1-3-5-6-7-8-9-10-11-12-13-15-18(14-4-2,16(19)20)17(21)22;;/h3-15H2,1-2H3,(H,19,20)(H,21,22);;. The number of aliphatic carboxylic acids is 2. The van der Waals surface area contributed by atoms with Crippen LogP contribution in [0.4, 0.5) is 0 Å². The molecule has 0 rings (SSSR count). The molecular formula is C18H35KO4. The third kappa shape index (κ3) is 10.9. The van der Waals surface area contributed by atoms with Crippen molar-refractivity contribution in [2.24, 2.45) is 5.41 Å². The maximum atomic E-state index is 11.4. The predicted octanol–water partition coefficient (Wildman–Crippen LogP) is 4.60. The van der Waals surface area contributed by atoms with Crippen LogP contribution in [0.25, 0.3) is 0 Å². The van der Waals surface area contributed by atoms with Crippen LogP contribution in [0, 0.1) is 5.41 Å². The molecule has 5 heteroatoms. The normalized spacial score (nSPS) is 11.0. The van der Waals surface area contributed by atoms with E-state index in [0.717, 1.165) is 12.8 Å². The van der Waals surface area contributed by atoms with Gasteiger partial charge in [0, 0.05) is 0 Å². The molecule has 0 heterocycles. The Morgan fingerprint density at radius 1 is 0.652 bits per heavy atom. The molecule has 0 aromatic rings. The van der Waals surface area contributed by atoms with Crippen molar-refractivity contribution in [3.8, 4) is 0 Å². The summed E-state index contributed by atoms with van der Waals surface area (Å²) in [6.45, 7) is 4.05. The van der Waals surface area contributed by atoms with Crippen LogP contribution in [0.5, 0.6) is 0 Å². The third-order valence-corrected chi connectivity index (χ3v) is 4.45. The van der Waals surface area contributed by atoms with Gasteiger partial charge in [0.2, 0.25) is 0 Å². The van der Waals surface area contributed by atoms with Crippen LogP contribution in [-0.2, 0) is 9.59 Å². The molecule has 0 unspecified atom stereocenters. The Morgan fingerprint density at radius 3 is 1.39 bits per heavy atom. The first-order valence-electron chi connectivity index (χ1n) is 8.98. The van der Waals surface area contributed by atoms with E-state index in [1.807, 2.05) is 6.92 Å². The van der Waals surface area contributed by atoms with E-state index in [4.69, 9.17) is 0 Å². The average molecular weight is 355 g/mol. The third-order valence-electron chi connectivity index (χ3n) is 4.45. The first-order valence-corrected chi connectivity index (χ1v) is 8.98. The zero-order valence-corrected chi connectivity index (χ0v) is 14.4. The summed E-state index contributed by atoms with van der Waals surface area (Å²) in [4.78, 5) is 22.7.